The molecule has 0 unspecified atom stereocenters. The highest BCUT2D eigenvalue weighted by Crippen LogP contribution is 2.21. The molecule has 0 bridgehead atoms. The van der Waals surface area contributed by atoms with E-state index in [-0.39, 0.29) is 11.0 Å². The van der Waals surface area contributed by atoms with E-state index in [0.29, 0.717) is 11.5 Å². The summed E-state index contributed by atoms with van der Waals surface area (Å²) in [5.41, 5.74) is 1.32. The van der Waals surface area contributed by atoms with E-state index in [9.17, 15) is 4.79 Å². The summed E-state index contributed by atoms with van der Waals surface area (Å²) in [6.07, 6.45) is 0. The van der Waals surface area contributed by atoms with Gasteiger partial charge in [0.15, 0.2) is 5.65 Å². The zero-order valence-electron chi connectivity index (χ0n) is 9.87. The minimum Gasteiger partial charge on any atom is -0.481 e. The summed E-state index contributed by atoms with van der Waals surface area (Å²) in [5.74, 6) is 0.337. The van der Waals surface area contributed by atoms with Crippen LogP contribution < -0.4 is 10.3 Å². The normalized spacial score (nSPS) is 12.0. The van der Waals surface area contributed by atoms with Crippen molar-refractivity contribution in [2.24, 2.45) is 0 Å². The SMILES string of the molecule is COc1cc(=O)n2[nH]c(C(C)(C)C)[13cH]c2n1. The number of fused-ring (bicyclic) bond motifs is 1. The Morgan fingerprint density at radius 2 is 2.06 bits per heavy atom. The lowest BCUT2D eigenvalue weighted by atomic mass is 9.95. The maximum atomic E-state index is 11.7. The van der Waals surface area contributed by atoms with Crippen molar-refractivity contribution in [1.82, 2.24) is 14.6 Å². The highest BCUT2D eigenvalue weighted by molar-refractivity contribution is 5.42. The second kappa shape index (κ2) is 3.37. The van der Waals surface area contributed by atoms with Gasteiger partial charge in [-0.25, -0.2) is 4.52 Å². The number of hydrogen-bond donors (Lipinski definition) is 1. The highest BCUT2D eigenvalue weighted by Gasteiger charge is 2.17. The van der Waals surface area contributed by atoms with E-state index in [1.165, 1.54) is 17.7 Å². The fraction of sp³-hybridized carbons (Fsp3) is 0.455. The Morgan fingerprint density at radius 3 is 2.62 bits per heavy atom. The van der Waals surface area contributed by atoms with Crippen molar-refractivity contribution in [3.8, 4) is 5.88 Å². The second-order valence-corrected chi connectivity index (χ2v) is 4.75. The van der Waals surface area contributed by atoms with Crippen LogP contribution in [-0.4, -0.2) is 21.7 Å². The Kier molecular flexibility index (Phi) is 2.26. The summed E-state index contributed by atoms with van der Waals surface area (Å²) in [6, 6.07) is 3.22. The van der Waals surface area contributed by atoms with Gasteiger partial charge in [0.1, 0.15) is 0 Å². The lowest BCUT2D eigenvalue weighted by Gasteiger charge is -2.14. The summed E-state index contributed by atoms with van der Waals surface area (Å²) in [5, 5.41) is 3.04. The number of aromatic nitrogens is 3. The van der Waals surface area contributed by atoms with Gasteiger partial charge in [0, 0.05) is 17.2 Å². The first-order chi connectivity index (χ1) is 7.41. The number of aromatic amines is 1. The Morgan fingerprint density at radius 1 is 1.38 bits per heavy atom. The number of methoxy groups -OCH3 is 1. The molecule has 0 saturated heterocycles. The summed E-state index contributed by atoms with van der Waals surface area (Å²) in [7, 11) is 1.50. The molecule has 1 N–H and O–H groups in total. The smallest absolute Gasteiger partial charge is 0.276 e. The molecule has 0 aliphatic carbocycles. The number of nitrogens with zero attached hydrogens (tertiary/aromatic N) is 2. The van der Waals surface area contributed by atoms with Crippen LogP contribution in [0.2, 0.25) is 0 Å². The third kappa shape index (κ3) is 1.68. The van der Waals surface area contributed by atoms with E-state index in [2.05, 4.69) is 30.9 Å². The Hall–Kier alpha value is -1.78. The Labute approximate surface area is 93.1 Å². The van der Waals surface area contributed by atoms with Crippen molar-refractivity contribution in [3.63, 3.8) is 0 Å². The van der Waals surface area contributed by atoms with Crippen LogP contribution >= 0.6 is 0 Å². The van der Waals surface area contributed by atoms with E-state index >= 15 is 0 Å². The predicted octanol–water partition coefficient (Wildman–Crippen LogP) is 1.33. The average Bonchev–Trinajstić information content (AvgIpc) is 2.61. The summed E-state index contributed by atoms with van der Waals surface area (Å²) in [6.45, 7) is 6.21. The number of hydrogen-bond acceptors (Lipinski definition) is 3. The van der Waals surface area contributed by atoms with Gasteiger partial charge in [0.05, 0.1) is 13.2 Å². The Bertz CT molecular complexity index is 575. The van der Waals surface area contributed by atoms with Gasteiger partial charge in [-0.05, 0) is 0 Å². The number of ether oxygens (including phenoxy) is 1. The van der Waals surface area contributed by atoms with Crippen LogP contribution in [0.25, 0.3) is 5.65 Å². The second-order valence-electron chi connectivity index (χ2n) is 4.75. The quantitative estimate of drug-likeness (QED) is 0.791. The number of nitrogens with one attached hydrogen (secondary N) is 1. The van der Waals surface area contributed by atoms with Crippen molar-refractivity contribution in [2.45, 2.75) is 26.2 Å². The molecule has 2 aromatic heterocycles. The zero-order chi connectivity index (χ0) is 11.9. The molecule has 0 atom stereocenters. The largest absolute Gasteiger partial charge is 0.481 e. The monoisotopic (exact) mass is 222 g/mol. The number of rotatable bonds is 1. The van der Waals surface area contributed by atoms with Gasteiger partial charge >= 0.3 is 0 Å². The molecule has 0 radical (unpaired) electrons. The van der Waals surface area contributed by atoms with E-state index in [4.69, 9.17) is 4.74 Å². The molecule has 16 heavy (non-hydrogen) atoms. The molecular formula is C11H15N3O2. The molecule has 86 valence electrons. The first kappa shape index (κ1) is 10.7. The molecule has 0 spiro atoms. The third-order valence-electron chi connectivity index (χ3n) is 2.44. The van der Waals surface area contributed by atoms with Crippen LogP contribution in [0.5, 0.6) is 5.88 Å². The maximum Gasteiger partial charge on any atom is 0.276 e. The zero-order valence-corrected chi connectivity index (χ0v) is 9.87. The molecule has 0 aliphatic rings. The molecule has 0 fully saturated rings. The van der Waals surface area contributed by atoms with Gasteiger partial charge in [-0.15, -0.1) is 0 Å². The van der Waals surface area contributed by atoms with Crippen molar-refractivity contribution in [1.29, 1.82) is 0 Å². The molecule has 2 heterocycles. The lowest BCUT2D eigenvalue weighted by Crippen LogP contribution is -2.16. The van der Waals surface area contributed by atoms with Crippen LogP contribution in [0.3, 0.4) is 0 Å². The van der Waals surface area contributed by atoms with E-state index in [1.807, 2.05) is 6.07 Å². The third-order valence-corrected chi connectivity index (χ3v) is 2.44. The van der Waals surface area contributed by atoms with Crippen molar-refractivity contribution in [3.05, 3.63) is 28.2 Å². The molecule has 0 aliphatic heterocycles. The molecule has 5 heteroatoms. The van der Waals surface area contributed by atoms with Crippen LogP contribution in [0.15, 0.2) is 16.9 Å². The molecule has 5 nitrogen and oxygen atoms in total. The molecule has 0 aromatic carbocycles. The molecule has 2 rings (SSSR count). The molecular weight excluding hydrogens is 207 g/mol. The van der Waals surface area contributed by atoms with Gasteiger partial charge in [0.2, 0.25) is 5.88 Å². The van der Waals surface area contributed by atoms with Crippen LogP contribution in [-0.2, 0) is 5.41 Å². The number of H-pyrrole nitrogens is 1. The first-order valence-corrected chi connectivity index (χ1v) is 5.09. The molecule has 0 amide bonds. The van der Waals surface area contributed by atoms with Gasteiger partial charge < -0.3 is 4.74 Å². The van der Waals surface area contributed by atoms with Crippen LogP contribution in [0, 0.1) is 0 Å². The molecule has 2 aromatic rings. The highest BCUT2D eigenvalue weighted by atomic mass is 16.5. The predicted molar refractivity (Wildman–Crippen MR) is 61.1 cm³/mol. The fourth-order valence-electron chi connectivity index (χ4n) is 1.46. The summed E-state index contributed by atoms with van der Waals surface area (Å²) >= 11 is 0. The van der Waals surface area contributed by atoms with Crippen LogP contribution in [0.4, 0.5) is 0 Å². The average molecular weight is 222 g/mol. The molecule has 0 saturated carbocycles. The van der Waals surface area contributed by atoms with Gasteiger partial charge in [-0.2, -0.15) is 4.98 Å². The van der Waals surface area contributed by atoms with Gasteiger partial charge in [-0.1, -0.05) is 20.8 Å². The van der Waals surface area contributed by atoms with Gasteiger partial charge in [0.25, 0.3) is 5.56 Å². The van der Waals surface area contributed by atoms with E-state index in [1.54, 1.807) is 0 Å². The Balaban J connectivity index is 2.71. The van der Waals surface area contributed by atoms with Crippen LogP contribution in [0.1, 0.15) is 26.5 Å². The minimum atomic E-state index is -0.169. The standard InChI is InChI=1S/C11H15N3O2/c1-11(2,3)7-5-8-12-9(16-4)6-10(15)14(8)13-7/h5-6,13H,1-4H3/i5+1. The maximum absolute atomic E-state index is 11.7. The first-order valence-electron chi connectivity index (χ1n) is 5.09. The van der Waals surface area contributed by atoms with Crippen molar-refractivity contribution >= 4 is 5.65 Å². The van der Waals surface area contributed by atoms with Crippen molar-refractivity contribution in [2.75, 3.05) is 7.11 Å². The van der Waals surface area contributed by atoms with E-state index < -0.39 is 0 Å². The van der Waals surface area contributed by atoms with Crippen molar-refractivity contribution < 1.29 is 4.74 Å². The fourth-order valence-corrected chi connectivity index (χ4v) is 1.46. The summed E-state index contributed by atoms with van der Waals surface area (Å²) in [4.78, 5) is 15.9. The summed E-state index contributed by atoms with van der Waals surface area (Å²) < 4.78 is 6.38. The van der Waals surface area contributed by atoms with Gasteiger partial charge in [-0.3, -0.25) is 9.89 Å². The van der Waals surface area contributed by atoms with E-state index in [0.717, 1.165) is 5.69 Å². The lowest BCUT2D eigenvalue weighted by molar-refractivity contribution is 0.397. The minimum absolute atomic E-state index is 0.0482. The topological polar surface area (TPSA) is 59.4 Å².